The maximum absolute atomic E-state index is 5.39. The molecule has 0 atom stereocenters. The molecule has 0 spiro atoms. The van der Waals surface area contributed by atoms with Gasteiger partial charge in [0, 0.05) is 19.7 Å². The zero-order valence-electron chi connectivity index (χ0n) is 9.33. The molecule has 1 fully saturated rings. The third kappa shape index (κ3) is 3.47. The Bertz CT molecular complexity index is 353. The van der Waals surface area contributed by atoms with Crippen molar-refractivity contribution >= 4 is 15.9 Å². The fourth-order valence-corrected chi connectivity index (χ4v) is 1.98. The summed E-state index contributed by atoms with van der Waals surface area (Å²) in [6, 6.07) is 6.86. The summed E-state index contributed by atoms with van der Waals surface area (Å²) in [7, 11) is 1.61. The van der Waals surface area contributed by atoms with Gasteiger partial charge in [0.05, 0.1) is 4.47 Å². The smallest absolute Gasteiger partial charge is 0.188 e. The average Bonchev–Trinajstić information content (AvgIpc) is 3.09. The molecule has 1 saturated carbocycles. The summed E-state index contributed by atoms with van der Waals surface area (Å²) in [5, 5.41) is 3.48. The third-order valence-electron chi connectivity index (χ3n) is 2.50. The molecule has 3 nitrogen and oxygen atoms in total. The zero-order chi connectivity index (χ0) is 11.4. The first kappa shape index (κ1) is 11.9. The van der Waals surface area contributed by atoms with Crippen molar-refractivity contribution in [2.75, 3.05) is 13.9 Å². The average molecular weight is 286 g/mol. The molecular formula is C12H16BrNO2. The van der Waals surface area contributed by atoms with Gasteiger partial charge in [0.25, 0.3) is 0 Å². The van der Waals surface area contributed by atoms with Gasteiger partial charge in [-0.2, -0.15) is 0 Å². The summed E-state index contributed by atoms with van der Waals surface area (Å²) in [4.78, 5) is 0. The molecular weight excluding hydrogens is 270 g/mol. The number of methoxy groups -OCH3 is 1. The molecule has 2 rings (SSSR count). The highest BCUT2D eigenvalue weighted by atomic mass is 79.9. The van der Waals surface area contributed by atoms with E-state index in [1.54, 1.807) is 7.11 Å². The number of benzene rings is 1. The van der Waals surface area contributed by atoms with E-state index >= 15 is 0 Å². The highest BCUT2D eigenvalue weighted by Gasteiger charge is 2.19. The van der Waals surface area contributed by atoms with Crippen LogP contribution in [0, 0.1) is 0 Å². The summed E-state index contributed by atoms with van der Waals surface area (Å²) >= 11 is 3.49. The van der Waals surface area contributed by atoms with Crippen molar-refractivity contribution in [1.29, 1.82) is 0 Å². The fourth-order valence-electron chi connectivity index (χ4n) is 1.44. The van der Waals surface area contributed by atoms with E-state index in [-0.39, 0.29) is 6.79 Å². The summed E-state index contributed by atoms with van der Waals surface area (Å²) in [5.74, 6) is 0.817. The molecule has 4 heteroatoms. The van der Waals surface area contributed by atoms with Gasteiger partial charge >= 0.3 is 0 Å². The van der Waals surface area contributed by atoms with Gasteiger partial charge in [-0.1, -0.05) is 6.07 Å². The van der Waals surface area contributed by atoms with E-state index in [0.29, 0.717) is 0 Å². The van der Waals surface area contributed by atoms with Crippen LogP contribution in [-0.4, -0.2) is 19.9 Å². The number of rotatable bonds is 6. The maximum atomic E-state index is 5.39. The van der Waals surface area contributed by atoms with E-state index in [9.17, 15) is 0 Å². The van der Waals surface area contributed by atoms with Crippen molar-refractivity contribution in [1.82, 2.24) is 5.32 Å². The van der Waals surface area contributed by atoms with Crippen LogP contribution < -0.4 is 10.1 Å². The van der Waals surface area contributed by atoms with Crippen molar-refractivity contribution < 1.29 is 9.47 Å². The predicted octanol–water partition coefficient (Wildman–Crippen LogP) is 2.68. The van der Waals surface area contributed by atoms with Crippen molar-refractivity contribution in [3.63, 3.8) is 0 Å². The van der Waals surface area contributed by atoms with E-state index in [4.69, 9.17) is 9.47 Å². The lowest BCUT2D eigenvalue weighted by atomic mass is 10.2. The topological polar surface area (TPSA) is 30.5 Å². The second-order valence-corrected chi connectivity index (χ2v) is 4.83. The fraction of sp³-hybridized carbons (Fsp3) is 0.500. The molecule has 0 aromatic heterocycles. The summed E-state index contributed by atoms with van der Waals surface area (Å²) in [5.41, 5.74) is 1.27. The Labute approximate surface area is 104 Å². The van der Waals surface area contributed by atoms with Crippen molar-refractivity contribution in [2.45, 2.75) is 25.4 Å². The van der Waals surface area contributed by atoms with Gasteiger partial charge in [-0.25, -0.2) is 0 Å². The molecule has 16 heavy (non-hydrogen) atoms. The zero-order valence-corrected chi connectivity index (χ0v) is 10.9. The highest BCUT2D eigenvalue weighted by molar-refractivity contribution is 9.10. The van der Waals surface area contributed by atoms with Gasteiger partial charge in [0.1, 0.15) is 5.75 Å². The van der Waals surface area contributed by atoms with Crippen LogP contribution in [0.3, 0.4) is 0 Å². The Morgan fingerprint density at radius 3 is 2.88 bits per heavy atom. The largest absolute Gasteiger partial charge is 0.466 e. The van der Waals surface area contributed by atoms with Gasteiger partial charge < -0.3 is 14.8 Å². The molecule has 0 saturated heterocycles. The van der Waals surface area contributed by atoms with Crippen LogP contribution in [-0.2, 0) is 11.3 Å². The molecule has 0 unspecified atom stereocenters. The van der Waals surface area contributed by atoms with E-state index in [1.165, 1.54) is 18.4 Å². The summed E-state index contributed by atoms with van der Waals surface area (Å²) in [6.45, 7) is 1.20. The van der Waals surface area contributed by atoms with Crippen molar-refractivity contribution in [3.05, 3.63) is 28.2 Å². The standard InChI is InChI=1S/C12H16BrNO2/c1-15-8-16-12-5-2-9(6-11(12)13)7-14-10-3-4-10/h2,5-6,10,14H,3-4,7-8H2,1H3. The molecule has 1 aliphatic rings. The molecule has 1 aromatic carbocycles. The second kappa shape index (κ2) is 5.66. The van der Waals surface area contributed by atoms with Gasteiger partial charge in [-0.15, -0.1) is 0 Å². The number of ether oxygens (including phenoxy) is 2. The SMILES string of the molecule is COCOc1ccc(CNC2CC2)cc1Br. The van der Waals surface area contributed by atoms with Crippen LogP contribution in [0.1, 0.15) is 18.4 Å². The predicted molar refractivity (Wildman–Crippen MR) is 66.5 cm³/mol. The van der Waals surface area contributed by atoms with Crippen LogP contribution in [0.15, 0.2) is 22.7 Å². The summed E-state index contributed by atoms with van der Waals surface area (Å²) < 4.78 is 11.2. The Kier molecular flexibility index (Phi) is 4.21. The Hall–Kier alpha value is -0.580. The van der Waals surface area contributed by atoms with Gasteiger partial charge in [0.2, 0.25) is 0 Å². The normalized spacial score (nSPS) is 15.1. The van der Waals surface area contributed by atoms with E-state index < -0.39 is 0 Å². The van der Waals surface area contributed by atoms with Crippen LogP contribution >= 0.6 is 15.9 Å². The molecule has 1 N–H and O–H groups in total. The van der Waals surface area contributed by atoms with Crippen LogP contribution in [0.5, 0.6) is 5.75 Å². The number of hydrogen-bond acceptors (Lipinski definition) is 3. The molecule has 1 aliphatic carbocycles. The molecule has 0 aliphatic heterocycles. The van der Waals surface area contributed by atoms with E-state index in [2.05, 4.69) is 33.4 Å². The minimum absolute atomic E-state index is 0.276. The summed E-state index contributed by atoms with van der Waals surface area (Å²) in [6.07, 6.45) is 2.63. The first-order valence-corrected chi connectivity index (χ1v) is 6.22. The Balaban J connectivity index is 1.91. The minimum atomic E-state index is 0.276. The van der Waals surface area contributed by atoms with Gasteiger partial charge in [-0.3, -0.25) is 0 Å². The van der Waals surface area contributed by atoms with Crippen LogP contribution in [0.2, 0.25) is 0 Å². The van der Waals surface area contributed by atoms with Crippen molar-refractivity contribution in [3.8, 4) is 5.75 Å². The highest BCUT2D eigenvalue weighted by Crippen LogP contribution is 2.26. The van der Waals surface area contributed by atoms with Crippen LogP contribution in [0.25, 0.3) is 0 Å². The first-order valence-electron chi connectivity index (χ1n) is 5.43. The molecule has 0 radical (unpaired) electrons. The Morgan fingerprint density at radius 2 is 2.25 bits per heavy atom. The van der Waals surface area contributed by atoms with Crippen LogP contribution in [0.4, 0.5) is 0 Å². The van der Waals surface area contributed by atoms with E-state index in [1.807, 2.05) is 6.07 Å². The Morgan fingerprint density at radius 1 is 1.44 bits per heavy atom. The number of halogens is 1. The maximum Gasteiger partial charge on any atom is 0.188 e. The lowest BCUT2D eigenvalue weighted by molar-refractivity contribution is 0.0506. The quantitative estimate of drug-likeness (QED) is 0.816. The monoisotopic (exact) mass is 285 g/mol. The number of nitrogens with one attached hydrogen (secondary N) is 1. The molecule has 0 bridgehead atoms. The minimum Gasteiger partial charge on any atom is -0.466 e. The first-order chi connectivity index (χ1) is 7.79. The molecule has 0 amide bonds. The molecule has 1 aromatic rings. The molecule has 0 heterocycles. The lowest BCUT2D eigenvalue weighted by Gasteiger charge is -2.09. The van der Waals surface area contributed by atoms with Gasteiger partial charge in [-0.05, 0) is 46.5 Å². The van der Waals surface area contributed by atoms with E-state index in [0.717, 1.165) is 22.8 Å². The lowest BCUT2D eigenvalue weighted by Crippen LogP contribution is -2.15. The second-order valence-electron chi connectivity index (χ2n) is 3.97. The molecule has 88 valence electrons. The van der Waals surface area contributed by atoms with Crippen molar-refractivity contribution in [2.24, 2.45) is 0 Å². The van der Waals surface area contributed by atoms with Gasteiger partial charge in [0.15, 0.2) is 6.79 Å². The number of hydrogen-bond donors (Lipinski definition) is 1. The third-order valence-corrected chi connectivity index (χ3v) is 3.12.